The van der Waals surface area contributed by atoms with Gasteiger partial charge < -0.3 is 10.1 Å². The molecule has 1 N–H and O–H groups in total. The van der Waals surface area contributed by atoms with Gasteiger partial charge in [0.1, 0.15) is 11.6 Å². The Hall–Kier alpha value is -2.23. The number of anilines is 1. The zero-order valence-electron chi connectivity index (χ0n) is 13.8. The molecule has 132 valence electrons. The Bertz CT molecular complexity index is 1120. The Kier molecular flexibility index (Phi) is 4.51. The van der Waals surface area contributed by atoms with E-state index in [9.17, 15) is 4.79 Å². The van der Waals surface area contributed by atoms with Gasteiger partial charge in [0.25, 0.3) is 5.91 Å². The van der Waals surface area contributed by atoms with Gasteiger partial charge in [0, 0.05) is 12.1 Å². The monoisotopic (exact) mass is 448 g/mol. The topological polar surface area (TPSA) is 69.0 Å². The van der Waals surface area contributed by atoms with Crippen LogP contribution in [0.25, 0.3) is 15.3 Å². The third-order valence-electron chi connectivity index (χ3n) is 3.63. The summed E-state index contributed by atoms with van der Waals surface area (Å²) in [7, 11) is 1.63. The summed E-state index contributed by atoms with van der Waals surface area (Å²) in [6.07, 6.45) is 0. The van der Waals surface area contributed by atoms with Gasteiger partial charge in [-0.15, -0.1) is 11.3 Å². The van der Waals surface area contributed by atoms with Crippen LogP contribution in [-0.2, 0) is 0 Å². The van der Waals surface area contributed by atoms with Crippen molar-refractivity contribution in [1.82, 2.24) is 14.8 Å². The molecule has 0 spiro atoms. The highest BCUT2D eigenvalue weighted by Crippen LogP contribution is 2.30. The van der Waals surface area contributed by atoms with Crippen LogP contribution in [0.5, 0.6) is 5.75 Å². The summed E-state index contributed by atoms with van der Waals surface area (Å²) in [5, 5.41) is 8.09. The Labute approximate surface area is 165 Å². The molecular weight excluding hydrogens is 436 g/mol. The van der Waals surface area contributed by atoms with Gasteiger partial charge in [-0.1, -0.05) is 11.3 Å². The van der Waals surface area contributed by atoms with Crippen molar-refractivity contribution >= 4 is 60.5 Å². The first-order chi connectivity index (χ1) is 12.5. The number of nitrogens with zero attached hydrogens (tertiary/aromatic N) is 3. The number of hydrogen-bond acceptors (Lipinski definition) is 6. The van der Waals surface area contributed by atoms with E-state index in [0.717, 1.165) is 25.4 Å². The first kappa shape index (κ1) is 17.2. The summed E-state index contributed by atoms with van der Waals surface area (Å²) in [6.45, 7) is 1.88. The number of halogens is 1. The first-order valence-electron chi connectivity index (χ1n) is 7.62. The number of hydrogen-bond donors (Lipinski definition) is 1. The molecule has 0 bridgehead atoms. The van der Waals surface area contributed by atoms with Crippen molar-refractivity contribution in [3.05, 3.63) is 50.8 Å². The van der Waals surface area contributed by atoms with Crippen molar-refractivity contribution in [3.8, 4) is 10.9 Å². The number of benzene rings is 1. The SMILES string of the molecule is COc1ccc2sc(-n3nc(C)cc3NC(=O)c3ccc(Br)s3)nc2c1. The number of fused-ring (bicyclic) bond motifs is 1. The summed E-state index contributed by atoms with van der Waals surface area (Å²) in [4.78, 5) is 17.7. The molecule has 0 aliphatic heterocycles. The lowest BCUT2D eigenvalue weighted by molar-refractivity contribution is 0.103. The quantitative estimate of drug-likeness (QED) is 0.483. The van der Waals surface area contributed by atoms with Crippen LogP contribution in [0, 0.1) is 6.92 Å². The minimum Gasteiger partial charge on any atom is -0.497 e. The predicted octanol–water partition coefficient (Wildman–Crippen LogP) is 4.88. The van der Waals surface area contributed by atoms with E-state index in [4.69, 9.17) is 4.74 Å². The van der Waals surface area contributed by atoms with Gasteiger partial charge in [-0.3, -0.25) is 4.79 Å². The maximum absolute atomic E-state index is 12.5. The van der Waals surface area contributed by atoms with Crippen molar-refractivity contribution in [2.75, 3.05) is 12.4 Å². The van der Waals surface area contributed by atoms with Crippen LogP contribution >= 0.6 is 38.6 Å². The van der Waals surface area contributed by atoms with E-state index in [1.165, 1.54) is 22.7 Å². The molecular formula is C17H13BrN4O2S2. The second kappa shape index (κ2) is 6.82. The third-order valence-corrected chi connectivity index (χ3v) is 6.27. The number of thiazole rings is 1. The molecule has 0 saturated carbocycles. The molecule has 0 unspecified atom stereocenters. The molecule has 4 aromatic rings. The van der Waals surface area contributed by atoms with Crippen LogP contribution in [0.3, 0.4) is 0 Å². The second-order valence-electron chi connectivity index (χ2n) is 5.47. The van der Waals surface area contributed by atoms with Crippen molar-refractivity contribution in [1.29, 1.82) is 0 Å². The summed E-state index contributed by atoms with van der Waals surface area (Å²) in [5.41, 5.74) is 1.63. The molecule has 0 aliphatic carbocycles. The van der Waals surface area contributed by atoms with Gasteiger partial charge >= 0.3 is 0 Å². The standard InChI is InChI=1S/C17H13BrN4O2S2/c1-9-7-15(20-16(23)13-5-6-14(18)25-13)22(21-9)17-19-11-8-10(24-2)3-4-12(11)26-17/h3-8H,1-2H3,(H,20,23). The number of methoxy groups -OCH3 is 1. The minimum absolute atomic E-state index is 0.176. The number of carbonyl (C=O) groups is 1. The summed E-state index contributed by atoms with van der Waals surface area (Å²) in [6, 6.07) is 11.2. The van der Waals surface area contributed by atoms with E-state index in [1.54, 1.807) is 17.9 Å². The number of amides is 1. The molecule has 26 heavy (non-hydrogen) atoms. The Morgan fingerprint density at radius 1 is 1.23 bits per heavy atom. The number of rotatable bonds is 4. The maximum Gasteiger partial charge on any atom is 0.266 e. The molecule has 0 saturated heterocycles. The molecule has 6 nitrogen and oxygen atoms in total. The van der Waals surface area contributed by atoms with Crippen molar-refractivity contribution in [2.24, 2.45) is 0 Å². The van der Waals surface area contributed by atoms with Crippen molar-refractivity contribution < 1.29 is 9.53 Å². The zero-order chi connectivity index (χ0) is 18.3. The molecule has 3 heterocycles. The van der Waals surface area contributed by atoms with E-state index in [0.29, 0.717) is 15.8 Å². The molecule has 0 fully saturated rings. The molecule has 0 aliphatic rings. The third kappa shape index (κ3) is 3.25. The Morgan fingerprint density at radius 3 is 2.81 bits per heavy atom. The van der Waals surface area contributed by atoms with Crippen molar-refractivity contribution in [2.45, 2.75) is 6.92 Å². The fourth-order valence-electron chi connectivity index (χ4n) is 2.46. The van der Waals surface area contributed by atoms with Gasteiger partial charge in [0.15, 0.2) is 0 Å². The largest absolute Gasteiger partial charge is 0.497 e. The van der Waals surface area contributed by atoms with Gasteiger partial charge in [-0.25, -0.2) is 4.98 Å². The summed E-state index contributed by atoms with van der Waals surface area (Å²) in [5.74, 6) is 1.16. The average molecular weight is 449 g/mol. The maximum atomic E-state index is 12.5. The fourth-order valence-corrected chi connectivity index (χ4v) is 4.65. The number of nitrogens with one attached hydrogen (secondary N) is 1. The van der Waals surface area contributed by atoms with Crippen LogP contribution < -0.4 is 10.1 Å². The predicted molar refractivity (Wildman–Crippen MR) is 108 cm³/mol. The fraction of sp³-hybridized carbons (Fsp3) is 0.118. The highest BCUT2D eigenvalue weighted by Gasteiger charge is 2.16. The molecule has 0 atom stereocenters. The molecule has 3 aromatic heterocycles. The lowest BCUT2D eigenvalue weighted by atomic mass is 10.3. The molecule has 1 aromatic carbocycles. The van der Waals surface area contributed by atoms with Gasteiger partial charge in [0.05, 0.1) is 31.7 Å². The Balaban J connectivity index is 1.70. The van der Waals surface area contributed by atoms with E-state index < -0.39 is 0 Å². The van der Waals surface area contributed by atoms with E-state index in [1.807, 2.05) is 37.3 Å². The highest BCUT2D eigenvalue weighted by molar-refractivity contribution is 9.11. The summed E-state index contributed by atoms with van der Waals surface area (Å²) >= 11 is 6.26. The smallest absolute Gasteiger partial charge is 0.266 e. The van der Waals surface area contributed by atoms with Crippen LogP contribution in [0.4, 0.5) is 5.82 Å². The molecule has 1 amide bonds. The van der Waals surface area contributed by atoms with E-state index in [-0.39, 0.29) is 5.91 Å². The van der Waals surface area contributed by atoms with Crippen molar-refractivity contribution in [3.63, 3.8) is 0 Å². The number of aromatic nitrogens is 3. The first-order valence-corrected chi connectivity index (χ1v) is 10.0. The molecule has 9 heteroatoms. The van der Waals surface area contributed by atoms with Crippen LogP contribution in [0.1, 0.15) is 15.4 Å². The average Bonchev–Trinajstić information content (AvgIpc) is 3.32. The minimum atomic E-state index is -0.176. The lowest BCUT2D eigenvalue weighted by Gasteiger charge is -2.05. The Morgan fingerprint density at radius 2 is 2.08 bits per heavy atom. The highest BCUT2D eigenvalue weighted by atomic mass is 79.9. The van der Waals surface area contributed by atoms with Gasteiger partial charge in [-0.2, -0.15) is 9.78 Å². The molecule has 4 rings (SSSR count). The number of ether oxygens (including phenoxy) is 1. The number of carbonyl (C=O) groups excluding carboxylic acids is 1. The second-order valence-corrected chi connectivity index (χ2v) is 8.94. The van der Waals surface area contributed by atoms with Gasteiger partial charge in [0.2, 0.25) is 5.13 Å². The van der Waals surface area contributed by atoms with Gasteiger partial charge in [-0.05, 0) is 47.1 Å². The normalized spacial score (nSPS) is 11.0. The van der Waals surface area contributed by atoms with E-state index in [2.05, 4.69) is 31.3 Å². The number of aryl methyl sites for hydroxylation is 1. The molecule has 0 radical (unpaired) electrons. The van der Waals surface area contributed by atoms with Crippen LogP contribution in [-0.4, -0.2) is 27.8 Å². The lowest BCUT2D eigenvalue weighted by Crippen LogP contribution is -2.13. The van der Waals surface area contributed by atoms with Crippen LogP contribution in [0.15, 0.2) is 40.2 Å². The van der Waals surface area contributed by atoms with Crippen LogP contribution in [0.2, 0.25) is 0 Å². The zero-order valence-corrected chi connectivity index (χ0v) is 17.0. The summed E-state index contributed by atoms with van der Waals surface area (Å²) < 4.78 is 8.84. The van der Waals surface area contributed by atoms with E-state index >= 15 is 0 Å². The number of thiophene rings is 1.